The highest BCUT2D eigenvalue weighted by Crippen LogP contribution is 2.57. The Morgan fingerprint density at radius 3 is 2.72 bits per heavy atom. The van der Waals surface area contributed by atoms with E-state index in [2.05, 4.69) is 15.9 Å². The number of ether oxygens (including phenoxy) is 1. The van der Waals surface area contributed by atoms with Crippen LogP contribution in [0.15, 0.2) is 22.7 Å². The summed E-state index contributed by atoms with van der Waals surface area (Å²) in [6.07, 6.45) is 5.74. The van der Waals surface area contributed by atoms with Crippen molar-refractivity contribution in [3.8, 4) is 5.75 Å². The molecule has 2 aliphatic carbocycles. The van der Waals surface area contributed by atoms with Crippen LogP contribution in [-0.4, -0.2) is 11.5 Å². The molecule has 0 saturated heterocycles. The molecule has 0 heterocycles. The number of hydrogen-bond donors (Lipinski definition) is 0. The lowest BCUT2D eigenvalue weighted by Gasteiger charge is -2.51. The minimum absolute atomic E-state index is 0.132. The average molecular weight is 334 g/mol. The summed E-state index contributed by atoms with van der Waals surface area (Å²) in [4.78, 5) is 0. The van der Waals surface area contributed by atoms with Gasteiger partial charge in [0.2, 0.25) is 0 Å². The van der Waals surface area contributed by atoms with Crippen LogP contribution in [-0.2, 0) is 0 Å². The van der Waals surface area contributed by atoms with Crippen molar-refractivity contribution < 1.29 is 9.13 Å². The van der Waals surface area contributed by atoms with Crippen LogP contribution >= 0.6 is 27.5 Å². The normalized spacial score (nSPS) is 29.3. The third-order valence-corrected chi connectivity index (χ3v) is 5.65. The Kier molecular flexibility index (Phi) is 3.31. The topological polar surface area (TPSA) is 9.23 Å². The van der Waals surface area contributed by atoms with Gasteiger partial charge in [0.25, 0.3) is 0 Å². The third kappa shape index (κ3) is 1.96. The number of alkyl halides is 1. The quantitative estimate of drug-likeness (QED) is 0.699. The zero-order valence-electron chi connectivity index (χ0n) is 9.96. The van der Waals surface area contributed by atoms with E-state index in [4.69, 9.17) is 16.3 Å². The van der Waals surface area contributed by atoms with Crippen molar-refractivity contribution in [1.29, 1.82) is 0 Å². The lowest BCUT2D eigenvalue weighted by atomic mass is 9.64. The molecule has 2 fully saturated rings. The molecular formula is C14H15BrClFO. The molecule has 1 aromatic rings. The monoisotopic (exact) mass is 332 g/mol. The molecule has 0 aliphatic heterocycles. The van der Waals surface area contributed by atoms with E-state index >= 15 is 0 Å². The summed E-state index contributed by atoms with van der Waals surface area (Å²) >= 11 is 9.78. The van der Waals surface area contributed by atoms with Gasteiger partial charge >= 0.3 is 0 Å². The van der Waals surface area contributed by atoms with Crippen LogP contribution in [0.5, 0.6) is 5.75 Å². The first-order valence-corrected chi connectivity index (χ1v) is 7.60. The van der Waals surface area contributed by atoms with Crippen molar-refractivity contribution in [2.45, 2.75) is 43.6 Å². The largest absolute Gasteiger partial charge is 0.488 e. The lowest BCUT2D eigenvalue weighted by molar-refractivity contribution is -0.0361. The summed E-state index contributed by atoms with van der Waals surface area (Å²) < 4.78 is 20.0. The van der Waals surface area contributed by atoms with E-state index in [-0.39, 0.29) is 22.7 Å². The van der Waals surface area contributed by atoms with Gasteiger partial charge in [-0.15, -0.1) is 11.6 Å². The number of hydrogen-bond acceptors (Lipinski definition) is 1. The van der Waals surface area contributed by atoms with Gasteiger partial charge in [-0.1, -0.05) is 12.8 Å². The Hall–Kier alpha value is -0.280. The van der Waals surface area contributed by atoms with Gasteiger partial charge in [0, 0.05) is 23.3 Å². The second kappa shape index (κ2) is 4.68. The maximum atomic E-state index is 13.2. The maximum absolute atomic E-state index is 13.2. The van der Waals surface area contributed by atoms with E-state index in [1.165, 1.54) is 25.0 Å². The molecule has 0 N–H and O–H groups in total. The second-order valence-corrected chi connectivity index (χ2v) is 6.71. The van der Waals surface area contributed by atoms with E-state index in [0.29, 0.717) is 5.75 Å². The fourth-order valence-corrected chi connectivity index (χ4v) is 4.11. The molecule has 2 saturated carbocycles. The molecular weight excluding hydrogens is 319 g/mol. The predicted octanol–water partition coefficient (Wildman–Crippen LogP) is 4.91. The average Bonchev–Trinajstić information content (AvgIpc) is 2.85. The minimum atomic E-state index is -0.268. The van der Waals surface area contributed by atoms with E-state index in [9.17, 15) is 4.39 Å². The van der Waals surface area contributed by atoms with Crippen LogP contribution in [0.3, 0.4) is 0 Å². The first-order chi connectivity index (χ1) is 8.62. The van der Waals surface area contributed by atoms with Crippen molar-refractivity contribution in [3.63, 3.8) is 0 Å². The van der Waals surface area contributed by atoms with E-state index in [1.807, 2.05) is 0 Å². The minimum Gasteiger partial charge on any atom is -0.488 e. The van der Waals surface area contributed by atoms with Crippen molar-refractivity contribution >= 4 is 27.5 Å². The Balaban J connectivity index is 1.79. The van der Waals surface area contributed by atoms with Crippen molar-refractivity contribution in [1.82, 2.24) is 0 Å². The summed E-state index contributed by atoms with van der Waals surface area (Å²) in [5.74, 6) is 0.324. The molecule has 0 amide bonds. The highest BCUT2D eigenvalue weighted by molar-refractivity contribution is 9.10. The van der Waals surface area contributed by atoms with E-state index in [0.717, 1.165) is 23.7 Å². The zero-order valence-corrected chi connectivity index (χ0v) is 12.3. The van der Waals surface area contributed by atoms with Crippen LogP contribution in [0.25, 0.3) is 0 Å². The molecule has 98 valence electrons. The highest BCUT2D eigenvalue weighted by Gasteiger charge is 2.57. The fraction of sp³-hybridized carbons (Fsp3) is 0.571. The third-order valence-electron chi connectivity index (χ3n) is 4.38. The standard InChI is InChI=1S/C14H15BrClFO/c15-10-4-3-9(17)7-11(10)18-13-8-12(16)14(13)5-1-2-6-14/h3-4,7,12-13H,1-2,5-6,8H2. The van der Waals surface area contributed by atoms with Crippen LogP contribution in [0.1, 0.15) is 32.1 Å². The highest BCUT2D eigenvalue weighted by atomic mass is 79.9. The fourth-order valence-electron chi connectivity index (χ4n) is 3.25. The van der Waals surface area contributed by atoms with Gasteiger partial charge in [-0.05, 0) is 40.9 Å². The zero-order chi connectivity index (χ0) is 12.8. The smallest absolute Gasteiger partial charge is 0.136 e. The molecule has 1 aromatic carbocycles. The van der Waals surface area contributed by atoms with Gasteiger partial charge in [-0.3, -0.25) is 0 Å². The summed E-state index contributed by atoms with van der Waals surface area (Å²) in [6.45, 7) is 0. The number of benzene rings is 1. The van der Waals surface area contributed by atoms with Gasteiger partial charge in [0.1, 0.15) is 17.7 Å². The Labute approximate surface area is 120 Å². The molecule has 18 heavy (non-hydrogen) atoms. The van der Waals surface area contributed by atoms with Crippen LogP contribution in [0, 0.1) is 11.2 Å². The molecule has 2 aliphatic rings. The predicted molar refractivity (Wildman–Crippen MR) is 73.7 cm³/mol. The van der Waals surface area contributed by atoms with Gasteiger partial charge in [-0.2, -0.15) is 0 Å². The lowest BCUT2D eigenvalue weighted by Crippen LogP contribution is -2.55. The first kappa shape index (κ1) is 12.7. The van der Waals surface area contributed by atoms with E-state index in [1.54, 1.807) is 6.07 Å². The van der Waals surface area contributed by atoms with E-state index < -0.39 is 0 Å². The summed E-state index contributed by atoms with van der Waals surface area (Å²) in [5.41, 5.74) is 0.132. The Bertz CT molecular complexity index is 459. The molecule has 2 unspecified atom stereocenters. The SMILES string of the molecule is Fc1ccc(Br)c(OC2CC(Cl)C23CCCC3)c1. The molecule has 4 heteroatoms. The summed E-state index contributed by atoms with van der Waals surface area (Å²) in [6, 6.07) is 4.55. The van der Waals surface area contributed by atoms with Gasteiger partial charge in [0.15, 0.2) is 0 Å². The van der Waals surface area contributed by atoms with Gasteiger partial charge in [-0.25, -0.2) is 4.39 Å². The molecule has 0 aromatic heterocycles. The van der Waals surface area contributed by atoms with Crippen LogP contribution in [0.4, 0.5) is 4.39 Å². The van der Waals surface area contributed by atoms with Gasteiger partial charge in [0.05, 0.1) is 4.47 Å². The molecule has 2 atom stereocenters. The maximum Gasteiger partial charge on any atom is 0.136 e. The van der Waals surface area contributed by atoms with Crippen molar-refractivity contribution in [2.24, 2.45) is 5.41 Å². The molecule has 3 rings (SSSR count). The second-order valence-electron chi connectivity index (χ2n) is 5.32. The molecule has 1 nitrogen and oxygen atoms in total. The molecule has 1 spiro atoms. The summed E-state index contributed by atoms with van der Waals surface area (Å²) in [7, 11) is 0. The summed E-state index contributed by atoms with van der Waals surface area (Å²) in [5, 5.41) is 0.220. The van der Waals surface area contributed by atoms with Crippen molar-refractivity contribution in [2.75, 3.05) is 0 Å². The van der Waals surface area contributed by atoms with Crippen LogP contribution in [0.2, 0.25) is 0 Å². The van der Waals surface area contributed by atoms with Crippen LogP contribution < -0.4 is 4.74 Å². The van der Waals surface area contributed by atoms with Crippen molar-refractivity contribution in [3.05, 3.63) is 28.5 Å². The molecule has 0 radical (unpaired) electrons. The Morgan fingerprint density at radius 1 is 1.33 bits per heavy atom. The first-order valence-electron chi connectivity index (χ1n) is 6.37. The number of halogens is 3. The van der Waals surface area contributed by atoms with Gasteiger partial charge < -0.3 is 4.74 Å². The number of rotatable bonds is 2. The Morgan fingerprint density at radius 2 is 2.06 bits per heavy atom. The molecule has 0 bridgehead atoms.